The minimum atomic E-state index is -0.315. The van der Waals surface area contributed by atoms with Crippen molar-refractivity contribution in [3.63, 3.8) is 0 Å². The third-order valence-corrected chi connectivity index (χ3v) is 6.05. The Morgan fingerprint density at radius 1 is 1.19 bits per heavy atom. The number of halogens is 1. The molecule has 4 aromatic heterocycles. The van der Waals surface area contributed by atoms with Crippen LogP contribution < -0.4 is 10.5 Å². The van der Waals surface area contributed by atoms with E-state index >= 15 is 0 Å². The van der Waals surface area contributed by atoms with Crippen LogP contribution in [-0.4, -0.2) is 29.5 Å². The van der Waals surface area contributed by atoms with Gasteiger partial charge in [0.15, 0.2) is 16.7 Å². The van der Waals surface area contributed by atoms with E-state index in [0.717, 1.165) is 44.9 Å². The molecule has 0 fully saturated rings. The Hall–Kier alpha value is -3.39. The second kappa shape index (κ2) is 7.63. The third-order valence-electron chi connectivity index (χ3n) is 5.75. The van der Waals surface area contributed by atoms with Crippen LogP contribution in [0, 0.1) is 6.92 Å². The summed E-state index contributed by atoms with van der Waals surface area (Å²) >= 11 is 6.64. The van der Waals surface area contributed by atoms with Crippen molar-refractivity contribution in [1.29, 1.82) is 0 Å². The van der Waals surface area contributed by atoms with E-state index in [0.29, 0.717) is 29.7 Å². The zero-order valence-electron chi connectivity index (χ0n) is 18.4. The van der Waals surface area contributed by atoms with E-state index in [4.69, 9.17) is 32.2 Å². The largest absolute Gasteiger partial charge is 0.482 e. The molecule has 0 saturated carbocycles. The fourth-order valence-electron chi connectivity index (χ4n) is 4.27. The quantitative estimate of drug-likeness (QED) is 0.464. The molecule has 9 heteroatoms. The highest BCUT2D eigenvalue weighted by Gasteiger charge is 2.26. The van der Waals surface area contributed by atoms with Crippen molar-refractivity contribution in [2.45, 2.75) is 39.8 Å². The molecular formula is C23H24ClN7O. The first-order chi connectivity index (χ1) is 15.4. The molecule has 1 atom stereocenters. The molecule has 0 aliphatic carbocycles. The van der Waals surface area contributed by atoms with Crippen LogP contribution in [0.2, 0.25) is 5.15 Å². The smallest absolute Gasteiger partial charge is 0.166 e. The van der Waals surface area contributed by atoms with Gasteiger partial charge < -0.3 is 10.5 Å². The zero-order valence-corrected chi connectivity index (χ0v) is 19.2. The maximum absolute atomic E-state index is 6.64. The van der Waals surface area contributed by atoms with E-state index in [1.165, 1.54) is 0 Å². The molecule has 0 unspecified atom stereocenters. The second-order valence-electron chi connectivity index (χ2n) is 8.11. The highest BCUT2D eigenvalue weighted by Crippen LogP contribution is 2.39. The van der Waals surface area contributed by atoms with Crippen LogP contribution >= 0.6 is 11.6 Å². The SMILES string of the molecule is CCn1nc(Cl)c2c1-c1cnc(N)c(c1)O[C@H](C)c1cc(C)cnc1-c1nn(C)cc1C2. The lowest BCUT2D eigenvalue weighted by atomic mass is 9.97. The number of rotatable bonds is 1. The summed E-state index contributed by atoms with van der Waals surface area (Å²) in [6.45, 7) is 6.69. The maximum atomic E-state index is 6.64. The van der Waals surface area contributed by atoms with E-state index < -0.39 is 0 Å². The normalized spacial score (nSPS) is 15.1. The molecule has 0 amide bonds. The van der Waals surface area contributed by atoms with Crippen LogP contribution in [0.15, 0.2) is 30.7 Å². The lowest BCUT2D eigenvalue weighted by Crippen LogP contribution is -2.10. The summed E-state index contributed by atoms with van der Waals surface area (Å²) in [7, 11) is 1.91. The van der Waals surface area contributed by atoms with Crippen LogP contribution in [0.4, 0.5) is 5.82 Å². The molecule has 32 heavy (non-hydrogen) atoms. The summed E-state index contributed by atoms with van der Waals surface area (Å²) < 4.78 is 10.0. The Bertz CT molecular complexity index is 1340. The second-order valence-corrected chi connectivity index (χ2v) is 8.46. The first-order valence-corrected chi connectivity index (χ1v) is 10.9. The number of nitrogens with zero attached hydrogens (tertiary/aromatic N) is 6. The molecule has 1 aliphatic rings. The number of aromatic nitrogens is 6. The van der Waals surface area contributed by atoms with Crippen molar-refractivity contribution in [1.82, 2.24) is 29.5 Å². The molecule has 5 rings (SSSR count). The van der Waals surface area contributed by atoms with Crippen molar-refractivity contribution in [2.24, 2.45) is 7.05 Å². The summed E-state index contributed by atoms with van der Waals surface area (Å²) in [5, 5.41) is 9.78. The molecular weight excluding hydrogens is 426 g/mol. The maximum Gasteiger partial charge on any atom is 0.166 e. The topological polar surface area (TPSA) is 96.7 Å². The van der Waals surface area contributed by atoms with Crippen molar-refractivity contribution in [3.8, 4) is 28.4 Å². The van der Waals surface area contributed by atoms with Crippen molar-refractivity contribution in [2.75, 3.05) is 5.73 Å². The minimum Gasteiger partial charge on any atom is -0.482 e. The number of anilines is 1. The van der Waals surface area contributed by atoms with E-state index in [1.807, 2.05) is 51.0 Å². The Kier molecular flexibility index (Phi) is 4.89. The Balaban J connectivity index is 1.84. The van der Waals surface area contributed by atoms with E-state index in [-0.39, 0.29) is 6.10 Å². The molecule has 164 valence electrons. The molecule has 2 bridgehead atoms. The van der Waals surface area contributed by atoms with Crippen molar-refractivity contribution in [3.05, 3.63) is 58.1 Å². The molecule has 0 aromatic carbocycles. The van der Waals surface area contributed by atoms with Gasteiger partial charge in [-0.3, -0.25) is 14.3 Å². The van der Waals surface area contributed by atoms with Crippen molar-refractivity contribution < 1.29 is 4.74 Å². The van der Waals surface area contributed by atoms with Gasteiger partial charge in [-0.25, -0.2) is 4.98 Å². The van der Waals surface area contributed by atoms with Gasteiger partial charge in [0.25, 0.3) is 0 Å². The van der Waals surface area contributed by atoms with E-state index in [2.05, 4.69) is 16.1 Å². The molecule has 1 aliphatic heterocycles. The van der Waals surface area contributed by atoms with Gasteiger partial charge in [-0.1, -0.05) is 11.6 Å². The molecule has 0 saturated heterocycles. The predicted molar refractivity (Wildman–Crippen MR) is 124 cm³/mol. The zero-order chi connectivity index (χ0) is 22.6. The minimum absolute atomic E-state index is 0.315. The summed E-state index contributed by atoms with van der Waals surface area (Å²) in [5.74, 6) is 0.837. The Morgan fingerprint density at radius 3 is 2.78 bits per heavy atom. The fourth-order valence-corrected chi connectivity index (χ4v) is 4.52. The number of hydrogen-bond acceptors (Lipinski definition) is 6. The Morgan fingerprint density at radius 2 is 2.00 bits per heavy atom. The van der Waals surface area contributed by atoms with E-state index in [1.54, 1.807) is 10.9 Å². The van der Waals surface area contributed by atoms with Gasteiger partial charge in [-0.15, -0.1) is 0 Å². The number of pyridine rings is 2. The van der Waals surface area contributed by atoms with Crippen LogP contribution in [0.25, 0.3) is 22.6 Å². The van der Waals surface area contributed by atoms with Gasteiger partial charge >= 0.3 is 0 Å². The molecule has 8 nitrogen and oxygen atoms in total. The molecule has 2 N–H and O–H groups in total. The van der Waals surface area contributed by atoms with Gasteiger partial charge in [0.05, 0.1) is 11.4 Å². The number of fused-ring (bicyclic) bond motifs is 7. The van der Waals surface area contributed by atoms with Crippen LogP contribution in [-0.2, 0) is 20.0 Å². The standard InChI is InChI=1S/C23H24ClN7O/c1-5-31-21-14-8-18(23(25)27-10-14)32-13(3)16-6-12(2)9-26-20(16)19-15(11-30(4)28-19)7-17(21)22(24)29-31/h6,8-11,13H,5,7H2,1-4H3,(H2,25,27)/t13-/m1/s1. The average molecular weight is 450 g/mol. The van der Waals surface area contributed by atoms with Gasteiger partial charge in [-0.2, -0.15) is 10.2 Å². The van der Waals surface area contributed by atoms with Gasteiger partial charge in [0, 0.05) is 60.9 Å². The number of ether oxygens (including phenoxy) is 1. The number of hydrogen-bond donors (Lipinski definition) is 1. The Labute approximate surface area is 191 Å². The third kappa shape index (κ3) is 3.31. The number of aryl methyl sites for hydroxylation is 3. The van der Waals surface area contributed by atoms with Gasteiger partial charge in [0.1, 0.15) is 11.8 Å². The summed E-state index contributed by atoms with van der Waals surface area (Å²) in [6, 6.07) is 3.99. The molecule has 0 spiro atoms. The summed E-state index contributed by atoms with van der Waals surface area (Å²) in [5.41, 5.74) is 13.4. The van der Waals surface area contributed by atoms with Gasteiger partial charge in [0.2, 0.25) is 0 Å². The van der Waals surface area contributed by atoms with Crippen LogP contribution in [0.3, 0.4) is 0 Å². The molecule has 0 radical (unpaired) electrons. The van der Waals surface area contributed by atoms with E-state index in [9.17, 15) is 0 Å². The number of nitrogen functional groups attached to an aromatic ring is 1. The van der Waals surface area contributed by atoms with Crippen molar-refractivity contribution >= 4 is 17.4 Å². The molecule has 5 heterocycles. The monoisotopic (exact) mass is 449 g/mol. The van der Waals surface area contributed by atoms with Crippen LogP contribution in [0.1, 0.15) is 42.2 Å². The lowest BCUT2D eigenvalue weighted by molar-refractivity contribution is 0.228. The highest BCUT2D eigenvalue weighted by atomic mass is 35.5. The first-order valence-electron chi connectivity index (χ1n) is 10.5. The molecule has 4 aromatic rings. The fraction of sp³-hybridized carbons (Fsp3) is 0.304. The predicted octanol–water partition coefficient (Wildman–Crippen LogP) is 4.35. The average Bonchev–Trinajstić information content (AvgIpc) is 3.28. The summed E-state index contributed by atoms with van der Waals surface area (Å²) in [4.78, 5) is 9.15. The summed E-state index contributed by atoms with van der Waals surface area (Å²) in [6.07, 6.45) is 5.84. The number of nitrogens with two attached hydrogens (primary N) is 1. The van der Waals surface area contributed by atoms with Gasteiger partial charge in [-0.05, 0) is 38.5 Å². The highest BCUT2D eigenvalue weighted by molar-refractivity contribution is 6.30. The lowest BCUT2D eigenvalue weighted by Gasteiger charge is -2.20. The van der Waals surface area contributed by atoms with Crippen LogP contribution in [0.5, 0.6) is 5.75 Å². The first kappa shape index (κ1) is 20.5.